The Morgan fingerprint density at radius 1 is 1.24 bits per heavy atom. The first-order valence-corrected chi connectivity index (χ1v) is 11.6. The SMILES string of the molecule is CC[C@H](c1cc(C)co1)N(C)c1nsnc1Nc1ccc(C(C)(C)C)c(C(=O)N(C)C)c1O. The molecule has 0 saturated carbocycles. The molecular weight excluding hydrogens is 438 g/mol. The van der Waals surface area contributed by atoms with Gasteiger partial charge in [-0.1, -0.05) is 33.8 Å². The van der Waals surface area contributed by atoms with Gasteiger partial charge in [-0.3, -0.25) is 4.79 Å². The summed E-state index contributed by atoms with van der Waals surface area (Å²) in [5.41, 5.74) is 2.21. The van der Waals surface area contributed by atoms with Gasteiger partial charge >= 0.3 is 0 Å². The fraction of sp³-hybridized carbons (Fsp3) is 0.458. The number of carbonyl (C=O) groups excluding carboxylic acids is 1. The molecule has 2 heterocycles. The van der Waals surface area contributed by atoms with E-state index >= 15 is 0 Å². The molecule has 0 aliphatic rings. The summed E-state index contributed by atoms with van der Waals surface area (Å²) in [7, 11) is 5.29. The average Bonchev–Trinajstić information content (AvgIpc) is 3.37. The number of hydrogen-bond donors (Lipinski definition) is 2. The number of phenols is 1. The van der Waals surface area contributed by atoms with Crippen molar-refractivity contribution in [2.75, 3.05) is 31.4 Å². The summed E-state index contributed by atoms with van der Waals surface area (Å²) in [6.07, 6.45) is 2.55. The molecule has 3 aromatic rings. The molecule has 0 saturated heterocycles. The summed E-state index contributed by atoms with van der Waals surface area (Å²) in [6.45, 7) is 10.1. The van der Waals surface area contributed by atoms with Gasteiger partial charge in [0, 0.05) is 21.1 Å². The Morgan fingerprint density at radius 2 is 1.94 bits per heavy atom. The molecule has 0 radical (unpaired) electrons. The average molecular weight is 472 g/mol. The molecule has 178 valence electrons. The quantitative estimate of drug-likeness (QED) is 0.441. The van der Waals surface area contributed by atoms with Gasteiger partial charge in [0.2, 0.25) is 0 Å². The zero-order valence-corrected chi connectivity index (χ0v) is 21.4. The second-order valence-electron chi connectivity index (χ2n) is 9.46. The van der Waals surface area contributed by atoms with Crippen LogP contribution in [0.3, 0.4) is 0 Å². The third-order valence-electron chi connectivity index (χ3n) is 5.60. The number of aromatic nitrogens is 2. The Morgan fingerprint density at radius 3 is 2.48 bits per heavy atom. The number of carbonyl (C=O) groups is 1. The fourth-order valence-electron chi connectivity index (χ4n) is 3.82. The van der Waals surface area contributed by atoms with E-state index in [1.807, 2.05) is 51.8 Å². The van der Waals surface area contributed by atoms with Gasteiger partial charge in [0.15, 0.2) is 17.4 Å². The first-order chi connectivity index (χ1) is 15.5. The number of nitrogens with one attached hydrogen (secondary N) is 1. The van der Waals surface area contributed by atoms with Crippen LogP contribution in [0.2, 0.25) is 0 Å². The molecule has 2 N–H and O–H groups in total. The summed E-state index contributed by atoms with van der Waals surface area (Å²) in [6, 6.07) is 5.65. The molecule has 1 amide bonds. The van der Waals surface area contributed by atoms with E-state index in [4.69, 9.17) is 4.42 Å². The van der Waals surface area contributed by atoms with Crippen LogP contribution in [-0.4, -0.2) is 45.8 Å². The maximum Gasteiger partial charge on any atom is 0.257 e. The van der Waals surface area contributed by atoms with Crippen LogP contribution in [0.25, 0.3) is 0 Å². The van der Waals surface area contributed by atoms with Crippen molar-refractivity contribution in [1.82, 2.24) is 13.6 Å². The third kappa shape index (κ3) is 4.98. The van der Waals surface area contributed by atoms with E-state index in [1.54, 1.807) is 26.4 Å². The van der Waals surface area contributed by atoms with Gasteiger partial charge in [-0.15, -0.1) is 0 Å². The van der Waals surface area contributed by atoms with Crippen molar-refractivity contribution < 1.29 is 14.3 Å². The number of aryl methyl sites for hydroxylation is 1. The highest BCUT2D eigenvalue weighted by Gasteiger charge is 2.29. The second-order valence-corrected chi connectivity index (χ2v) is 9.99. The molecule has 8 nitrogen and oxygen atoms in total. The number of aromatic hydroxyl groups is 1. The number of nitrogens with zero attached hydrogens (tertiary/aromatic N) is 4. The highest BCUT2D eigenvalue weighted by molar-refractivity contribution is 6.99. The van der Waals surface area contributed by atoms with Crippen LogP contribution in [0.5, 0.6) is 5.75 Å². The van der Waals surface area contributed by atoms with Crippen molar-refractivity contribution >= 4 is 35.0 Å². The lowest BCUT2D eigenvalue weighted by atomic mass is 9.82. The lowest BCUT2D eigenvalue weighted by molar-refractivity contribution is 0.0822. The minimum atomic E-state index is -0.319. The van der Waals surface area contributed by atoms with Gasteiger partial charge in [-0.05, 0) is 42.0 Å². The molecule has 0 aliphatic heterocycles. The minimum absolute atomic E-state index is 0.0223. The number of anilines is 3. The van der Waals surface area contributed by atoms with E-state index < -0.39 is 0 Å². The van der Waals surface area contributed by atoms with E-state index in [1.165, 1.54) is 4.90 Å². The van der Waals surface area contributed by atoms with Crippen LogP contribution in [0.1, 0.15) is 67.4 Å². The summed E-state index contributed by atoms with van der Waals surface area (Å²) < 4.78 is 14.6. The number of benzene rings is 1. The van der Waals surface area contributed by atoms with Gasteiger partial charge < -0.3 is 24.6 Å². The van der Waals surface area contributed by atoms with E-state index in [9.17, 15) is 9.90 Å². The predicted molar refractivity (Wildman–Crippen MR) is 133 cm³/mol. The smallest absolute Gasteiger partial charge is 0.257 e. The third-order valence-corrected chi connectivity index (χ3v) is 6.12. The summed E-state index contributed by atoms with van der Waals surface area (Å²) in [4.78, 5) is 16.4. The minimum Gasteiger partial charge on any atom is -0.505 e. The predicted octanol–water partition coefficient (Wildman–Crippen LogP) is 5.48. The van der Waals surface area contributed by atoms with Gasteiger partial charge in [0.05, 0.1) is 35.3 Å². The molecule has 0 aliphatic carbocycles. The highest BCUT2D eigenvalue weighted by atomic mass is 32.1. The Bertz CT molecular complexity index is 1130. The molecule has 0 bridgehead atoms. The van der Waals surface area contributed by atoms with Crippen LogP contribution < -0.4 is 10.2 Å². The monoisotopic (exact) mass is 471 g/mol. The Kier molecular flexibility index (Phi) is 7.02. The molecular formula is C24H33N5O3S. The van der Waals surface area contributed by atoms with E-state index in [2.05, 4.69) is 21.0 Å². The molecule has 9 heteroatoms. The highest BCUT2D eigenvalue weighted by Crippen LogP contribution is 2.40. The fourth-order valence-corrected chi connectivity index (χ4v) is 4.36. The van der Waals surface area contributed by atoms with Crippen LogP contribution in [0.15, 0.2) is 28.9 Å². The molecule has 2 aromatic heterocycles. The lowest BCUT2D eigenvalue weighted by Gasteiger charge is -2.27. The largest absolute Gasteiger partial charge is 0.505 e. The van der Waals surface area contributed by atoms with Gasteiger partial charge in [-0.2, -0.15) is 8.75 Å². The molecule has 1 atom stereocenters. The zero-order chi connectivity index (χ0) is 24.5. The molecule has 33 heavy (non-hydrogen) atoms. The van der Waals surface area contributed by atoms with Crippen LogP contribution in [-0.2, 0) is 5.41 Å². The second kappa shape index (κ2) is 9.43. The maximum atomic E-state index is 12.9. The van der Waals surface area contributed by atoms with Crippen molar-refractivity contribution in [3.63, 3.8) is 0 Å². The van der Waals surface area contributed by atoms with E-state index in [0.29, 0.717) is 17.3 Å². The van der Waals surface area contributed by atoms with Crippen molar-refractivity contribution in [2.24, 2.45) is 0 Å². The number of rotatable bonds is 7. The van der Waals surface area contributed by atoms with Crippen molar-refractivity contribution in [3.8, 4) is 5.75 Å². The molecule has 0 unspecified atom stereocenters. The molecule has 0 fully saturated rings. The zero-order valence-electron chi connectivity index (χ0n) is 20.6. The Labute approximate surface area is 199 Å². The van der Waals surface area contributed by atoms with E-state index in [-0.39, 0.29) is 28.7 Å². The first kappa shape index (κ1) is 24.6. The normalized spacial score (nSPS) is 12.5. The lowest BCUT2D eigenvalue weighted by Crippen LogP contribution is -2.26. The summed E-state index contributed by atoms with van der Waals surface area (Å²) in [5, 5.41) is 14.3. The van der Waals surface area contributed by atoms with Gasteiger partial charge in [0.25, 0.3) is 5.91 Å². The number of hydrogen-bond acceptors (Lipinski definition) is 8. The molecule has 0 spiro atoms. The first-order valence-electron chi connectivity index (χ1n) is 10.9. The summed E-state index contributed by atoms with van der Waals surface area (Å²) in [5.74, 6) is 1.64. The molecule has 1 aromatic carbocycles. The standard InChI is InChI=1S/C24H33N5O3S/c1-9-17(18-12-14(2)13-32-18)29(8)22-21(26-33-27-22)25-16-11-10-15(24(3,4)5)19(20(16)30)23(31)28(6)7/h10-13,17,30H,9H2,1-8H3,(H,25,26)/t17-/m1/s1. The molecule has 3 rings (SSSR count). The Balaban J connectivity index is 2.00. The maximum absolute atomic E-state index is 12.9. The van der Waals surface area contributed by atoms with Crippen LogP contribution in [0.4, 0.5) is 17.3 Å². The van der Waals surface area contributed by atoms with Crippen molar-refractivity contribution in [1.29, 1.82) is 0 Å². The Hall–Kier alpha value is -3.07. The van der Waals surface area contributed by atoms with Crippen LogP contribution in [0, 0.1) is 6.92 Å². The van der Waals surface area contributed by atoms with Gasteiger partial charge in [0.1, 0.15) is 5.76 Å². The number of amides is 1. The number of furan rings is 1. The van der Waals surface area contributed by atoms with Gasteiger partial charge in [-0.25, -0.2) is 0 Å². The number of phenolic OH excluding ortho intramolecular Hbond substituents is 1. The van der Waals surface area contributed by atoms with E-state index in [0.717, 1.165) is 35.0 Å². The summed E-state index contributed by atoms with van der Waals surface area (Å²) >= 11 is 1.08. The topological polar surface area (TPSA) is 94.7 Å². The van der Waals surface area contributed by atoms with Crippen molar-refractivity contribution in [2.45, 2.75) is 52.5 Å². The van der Waals surface area contributed by atoms with Crippen molar-refractivity contribution in [3.05, 3.63) is 46.9 Å². The van der Waals surface area contributed by atoms with Crippen LogP contribution >= 0.6 is 11.7 Å².